The normalized spacial score (nSPS) is 26.9. The average molecular weight is 410 g/mol. The van der Waals surface area contributed by atoms with Crippen molar-refractivity contribution in [2.75, 3.05) is 13.1 Å². The molecule has 0 saturated carbocycles. The zero-order valence-corrected chi connectivity index (χ0v) is 16.1. The van der Waals surface area contributed by atoms with Gasteiger partial charge in [-0.25, -0.2) is 0 Å². The van der Waals surface area contributed by atoms with E-state index < -0.39 is 11.7 Å². The van der Waals surface area contributed by atoms with Crippen LogP contribution in [-0.4, -0.2) is 36.0 Å². The fourth-order valence-electron chi connectivity index (χ4n) is 4.09. The molecule has 0 spiro atoms. The highest BCUT2D eigenvalue weighted by Crippen LogP contribution is 2.37. The van der Waals surface area contributed by atoms with E-state index in [1.165, 1.54) is 0 Å². The Hall–Kier alpha value is -2.06. The number of ether oxygens (including phenoxy) is 1. The van der Waals surface area contributed by atoms with E-state index in [1.54, 1.807) is 24.3 Å². The van der Waals surface area contributed by atoms with Crippen LogP contribution in [0.5, 0.6) is 10.8 Å². The van der Waals surface area contributed by atoms with Crippen LogP contribution in [0.3, 0.4) is 0 Å². The lowest BCUT2D eigenvalue weighted by Crippen LogP contribution is -2.62. The Morgan fingerprint density at radius 2 is 1.89 bits per heavy atom. The molecule has 2 atom stereocenters. The first kappa shape index (κ1) is 19.3. The Labute approximate surface area is 165 Å². The molecule has 5 rings (SSSR count). The number of hydrogen-bond donors (Lipinski definition) is 1. The molecule has 0 unspecified atom stereocenters. The van der Waals surface area contributed by atoms with Gasteiger partial charge in [0.1, 0.15) is 5.75 Å². The van der Waals surface area contributed by atoms with Crippen molar-refractivity contribution >= 4 is 17.2 Å². The van der Waals surface area contributed by atoms with Gasteiger partial charge in [-0.05, 0) is 63.0 Å². The number of halogens is 3. The topological polar surface area (TPSA) is 41.6 Å². The number of hydrogen-bond acceptors (Lipinski definition) is 4. The minimum absolute atomic E-state index is 0.132. The predicted octanol–water partition coefficient (Wildman–Crippen LogP) is 4.77. The molecular formula is C20H21F3N2O2S. The molecule has 1 N–H and O–H groups in total. The van der Waals surface area contributed by atoms with Crippen molar-refractivity contribution in [3.8, 4) is 10.8 Å². The maximum atomic E-state index is 12.7. The van der Waals surface area contributed by atoms with Crippen LogP contribution in [-0.2, 0) is 6.18 Å². The lowest BCUT2D eigenvalue weighted by atomic mass is 9.79. The SMILES string of the molecule is C[C@H]1[C@H](NC(=O)c2ccc(Oc3cc(C(F)(F)F)cs3)cc2)C2CCN1CC2. The van der Waals surface area contributed by atoms with Gasteiger partial charge in [0, 0.05) is 29.1 Å². The third kappa shape index (κ3) is 3.89. The van der Waals surface area contributed by atoms with Crippen LogP contribution in [0.15, 0.2) is 35.7 Å². The fourth-order valence-corrected chi connectivity index (χ4v) is 4.87. The second kappa shape index (κ2) is 7.40. The Kier molecular flexibility index (Phi) is 5.09. The number of nitrogens with zero attached hydrogens (tertiary/aromatic N) is 1. The van der Waals surface area contributed by atoms with Gasteiger partial charge in [-0.3, -0.25) is 9.69 Å². The van der Waals surface area contributed by atoms with Crippen LogP contribution >= 0.6 is 11.3 Å². The molecule has 0 radical (unpaired) electrons. The zero-order valence-electron chi connectivity index (χ0n) is 15.3. The third-order valence-corrected chi connectivity index (χ3v) is 6.52. The number of nitrogens with one attached hydrogen (secondary N) is 1. The van der Waals surface area contributed by atoms with E-state index in [0.717, 1.165) is 48.7 Å². The smallest absolute Gasteiger partial charge is 0.417 e. The molecule has 150 valence electrons. The molecule has 8 heteroatoms. The van der Waals surface area contributed by atoms with Crippen molar-refractivity contribution in [2.24, 2.45) is 5.92 Å². The lowest BCUT2D eigenvalue weighted by molar-refractivity contribution is -0.137. The standard InChI is InChI=1S/C20H21F3N2O2S/c1-12-18(13-6-8-25(12)9-7-13)24-19(26)14-2-4-16(5-3-14)27-17-10-15(11-28-17)20(21,22)23/h2-5,10-13,18H,6-9H2,1H3,(H,24,26)/t12-,18-/m0/s1. The Bertz CT molecular complexity index is 840. The van der Waals surface area contributed by atoms with Crippen LogP contribution in [0.2, 0.25) is 0 Å². The second-order valence-electron chi connectivity index (χ2n) is 7.39. The summed E-state index contributed by atoms with van der Waals surface area (Å²) in [4.78, 5) is 15.0. The molecule has 28 heavy (non-hydrogen) atoms. The van der Waals surface area contributed by atoms with Gasteiger partial charge >= 0.3 is 6.18 Å². The van der Waals surface area contributed by atoms with Crippen LogP contribution in [0.1, 0.15) is 35.7 Å². The molecule has 3 aliphatic rings. The van der Waals surface area contributed by atoms with E-state index in [9.17, 15) is 18.0 Å². The molecule has 1 amide bonds. The Balaban J connectivity index is 1.39. The molecule has 3 aliphatic heterocycles. The number of fused-ring (bicyclic) bond motifs is 3. The highest BCUT2D eigenvalue weighted by atomic mass is 32.1. The van der Waals surface area contributed by atoms with Gasteiger partial charge in [0.05, 0.1) is 5.56 Å². The molecule has 3 saturated heterocycles. The first-order chi connectivity index (χ1) is 13.3. The Morgan fingerprint density at radius 1 is 1.21 bits per heavy atom. The van der Waals surface area contributed by atoms with Gasteiger partial charge in [-0.1, -0.05) is 0 Å². The minimum Gasteiger partial charge on any atom is -0.447 e. The second-order valence-corrected chi connectivity index (χ2v) is 8.27. The number of carbonyl (C=O) groups excluding carboxylic acids is 1. The molecule has 2 bridgehead atoms. The van der Waals surface area contributed by atoms with Crippen molar-refractivity contribution in [2.45, 2.75) is 38.0 Å². The van der Waals surface area contributed by atoms with Gasteiger partial charge in [0.25, 0.3) is 5.91 Å². The third-order valence-electron chi connectivity index (χ3n) is 5.71. The van der Waals surface area contributed by atoms with Crippen LogP contribution < -0.4 is 10.1 Å². The summed E-state index contributed by atoms with van der Waals surface area (Å²) in [6.45, 7) is 4.36. The van der Waals surface area contributed by atoms with Crippen molar-refractivity contribution < 1.29 is 22.7 Å². The van der Waals surface area contributed by atoms with E-state index in [2.05, 4.69) is 17.1 Å². The molecule has 2 aromatic rings. The summed E-state index contributed by atoms with van der Waals surface area (Å²) in [6.07, 6.45) is -2.15. The molecule has 4 heterocycles. The number of thiophene rings is 1. The average Bonchev–Trinajstić information content (AvgIpc) is 3.14. The van der Waals surface area contributed by atoms with Crippen molar-refractivity contribution in [1.82, 2.24) is 10.2 Å². The molecule has 0 aliphatic carbocycles. The molecule has 3 fully saturated rings. The summed E-state index contributed by atoms with van der Waals surface area (Å²) in [5.41, 5.74) is -0.215. The van der Waals surface area contributed by atoms with E-state index in [1.807, 2.05) is 0 Å². The van der Waals surface area contributed by atoms with Gasteiger partial charge in [-0.2, -0.15) is 13.2 Å². The molecule has 1 aromatic heterocycles. The number of amides is 1. The summed E-state index contributed by atoms with van der Waals surface area (Å²) in [5.74, 6) is 0.782. The van der Waals surface area contributed by atoms with Gasteiger partial charge in [-0.15, -0.1) is 11.3 Å². The maximum Gasteiger partial charge on any atom is 0.417 e. The minimum atomic E-state index is -4.38. The zero-order chi connectivity index (χ0) is 19.9. The van der Waals surface area contributed by atoms with Gasteiger partial charge < -0.3 is 10.1 Å². The van der Waals surface area contributed by atoms with E-state index in [0.29, 0.717) is 23.3 Å². The number of benzene rings is 1. The van der Waals surface area contributed by atoms with Gasteiger partial charge in [0.2, 0.25) is 0 Å². The fraction of sp³-hybridized carbons (Fsp3) is 0.450. The molecule has 1 aromatic carbocycles. The van der Waals surface area contributed by atoms with Crippen LogP contribution in [0.4, 0.5) is 13.2 Å². The van der Waals surface area contributed by atoms with Gasteiger partial charge in [0.15, 0.2) is 5.06 Å². The summed E-state index contributed by atoms with van der Waals surface area (Å²) < 4.78 is 43.5. The summed E-state index contributed by atoms with van der Waals surface area (Å²) in [7, 11) is 0. The predicted molar refractivity (Wildman–Crippen MR) is 101 cm³/mol. The largest absolute Gasteiger partial charge is 0.447 e. The maximum absolute atomic E-state index is 12.7. The highest BCUT2D eigenvalue weighted by molar-refractivity contribution is 7.12. The monoisotopic (exact) mass is 410 g/mol. The lowest BCUT2D eigenvalue weighted by Gasteiger charge is -2.49. The van der Waals surface area contributed by atoms with Crippen LogP contribution in [0.25, 0.3) is 0 Å². The van der Waals surface area contributed by atoms with E-state index in [-0.39, 0.29) is 17.0 Å². The quantitative estimate of drug-likeness (QED) is 0.789. The summed E-state index contributed by atoms with van der Waals surface area (Å²) in [6, 6.07) is 7.92. The first-order valence-corrected chi connectivity index (χ1v) is 10.2. The number of alkyl halides is 3. The van der Waals surface area contributed by atoms with Crippen LogP contribution in [0, 0.1) is 5.92 Å². The number of carbonyl (C=O) groups is 1. The number of piperidine rings is 3. The molecular weight excluding hydrogens is 389 g/mol. The number of rotatable bonds is 4. The summed E-state index contributed by atoms with van der Waals surface area (Å²) >= 11 is 0.886. The van der Waals surface area contributed by atoms with E-state index in [4.69, 9.17) is 4.74 Å². The van der Waals surface area contributed by atoms with Crippen molar-refractivity contribution in [1.29, 1.82) is 0 Å². The highest BCUT2D eigenvalue weighted by Gasteiger charge is 2.40. The molecule has 4 nitrogen and oxygen atoms in total. The Morgan fingerprint density at radius 3 is 2.46 bits per heavy atom. The van der Waals surface area contributed by atoms with E-state index >= 15 is 0 Å². The van der Waals surface area contributed by atoms with Crippen molar-refractivity contribution in [3.05, 3.63) is 46.8 Å². The summed E-state index contributed by atoms with van der Waals surface area (Å²) in [5, 5.41) is 4.34. The van der Waals surface area contributed by atoms with Crippen molar-refractivity contribution in [3.63, 3.8) is 0 Å². The first-order valence-electron chi connectivity index (χ1n) is 9.30.